The molecule has 0 radical (unpaired) electrons. The lowest BCUT2D eigenvalue weighted by atomic mass is 10.3. The van der Waals surface area contributed by atoms with Crippen LogP contribution in [0.15, 0.2) is 30.3 Å². The average Bonchev–Trinajstić information content (AvgIpc) is 2.31. The highest BCUT2D eigenvalue weighted by atomic mass is 31.2. The van der Waals surface area contributed by atoms with Gasteiger partial charge in [-0.25, -0.2) is 0 Å². The lowest BCUT2D eigenvalue weighted by Crippen LogP contribution is -2.41. The van der Waals surface area contributed by atoms with Crippen molar-refractivity contribution in [2.75, 3.05) is 25.4 Å². The lowest BCUT2D eigenvalue weighted by Gasteiger charge is -2.34. The predicted molar refractivity (Wildman–Crippen MR) is 70.1 cm³/mol. The van der Waals surface area contributed by atoms with Crippen LogP contribution < -0.4 is 5.30 Å². The molecule has 1 aliphatic heterocycles. The second-order valence-electron chi connectivity index (χ2n) is 4.80. The van der Waals surface area contributed by atoms with Crippen LogP contribution in [0.5, 0.6) is 0 Å². The maximum Gasteiger partial charge on any atom is 0.118 e. The first kappa shape index (κ1) is 11.9. The molecule has 0 spiro atoms. The number of hydrogen-bond acceptors (Lipinski definition) is 2. The van der Waals surface area contributed by atoms with Gasteiger partial charge >= 0.3 is 0 Å². The van der Waals surface area contributed by atoms with Gasteiger partial charge < -0.3 is 4.57 Å². The molecule has 3 heteroatoms. The van der Waals surface area contributed by atoms with Crippen LogP contribution in [0.2, 0.25) is 0 Å². The molecule has 1 aromatic rings. The van der Waals surface area contributed by atoms with Crippen LogP contribution in [0.3, 0.4) is 0 Å². The summed E-state index contributed by atoms with van der Waals surface area (Å²) in [7, 11) is -2.08. The molecule has 1 heterocycles. The predicted octanol–water partition coefficient (Wildman–Crippen LogP) is 2.40. The fourth-order valence-electron chi connectivity index (χ4n) is 2.28. The van der Waals surface area contributed by atoms with Crippen molar-refractivity contribution in [2.45, 2.75) is 19.9 Å². The largest absolute Gasteiger partial charge is 0.319 e. The van der Waals surface area contributed by atoms with E-state index in [2.05, 4.69) is 18.7 Å². The molecule has 1 saturated heterocycles. The van der Waals surface area contributed by atoms with Crippen LogP contribution in [0.1, 0.15) is 13.8 Å². The lowest BCUT2D eigenvalue weighted by molar-refractivity contribution is 0.240. The highest BCUT2D eigenvalue weighted by Gasteiger charge is 2.30. The molecule has 0 atom stereocenters. The standard InChI is InChI=1S/C13H20NOP/c1-12(2)14-8-10-16(15,11-9-14)13-6-4-3-5-7-13/h3-7,12H,8-11H2,1-2H3. The van der Waals surface area contributed by atoms with E-state index in [4.69, 9.17) is 0 Å². The van der Waals surface area contributed by atoms with Crippen molar-refractivity contribution in [3.05, 3.63) is 30.3 Å². The Morgan fingerprint density at radius 3 is 2.19 bits per heavy atom. The summed E-state index contributed by atoms with van der Waals surface area (Å²) in [5.41, 5.74) is 0. The topological polar surface area (TPSA) is 20.3 Å². The van der Waals surface area contributed by atoms with E-state index < -0.39 is 7.14 Å². The zero-order chi connectivity index (χ0) is 11.6. The minimum absolute atomic E-state index is 0.574. The molecule has 0 saturated carbocycles. The van der Waals surface area contributed by atoms with E-state index in [0.29, 0.717) is 6.04 Å². The minimum atomic E-state index is -2.08. The first-order chi connectivity index (χ1) is 7.62. The number of benzene rings is 1. The number of rotatable bonds is 2. The molecule has 0 bridgehead atoms. The first-order valence-corrected chi connectivity index (χ1v) is 8.07. The average molecular weight is 237 g/mol. The van der Waals surface area contributed by atoms with E-state index in [9.17, 15) is 4.57 Å². The second-order valence-corrected chi connectivity index (χ2v) is 7.99. The summed E-state index contributed by atoms with van der Waals surface area (Å²) in [4.78, 5) is 2.42. The Morgan fingerprint density at radius 1 is 1.12 bits per heavy atom. The third-order valence-electron chi connectivity index (χ3n) is 3.45. The molecule has 1 aromatic carbocycles. The van der Waals surface area contributed by atoms with Crippen LogP contribution in [0.25, 0.3) is 0 Å². The summed E-state index contributed by atoms with van der Waals surface area (Å²) >= 11 is 0. The molecule has 2 nitrogen and oxygen atoms in total. The minimum Gasteiger partial charge on any atom is -0.319 e. The normalized spacial score (nSPS) is 21.2. The summed E-state index contributed by atoms with van der Waals surface area (Å²) in [5, 5.41) is 1.07. The van der Waals surface area contributed by atoms with Gasteiger partial charge in [-0.1, -0.05) is 30.3 Å². The molecule has 1 fully saturated rings. The smallest absolute Gasteiger partial charge is 0.118 e. The Balaban J connectivity index is 2.10. The molecule has 0 aromatic heterocycles. The molecule has 88 valence electrons. The van der Waals surface area contributed by atoms with Gasteiger partial charge in [-0.15, -0.1) is 0 Å². The Kier molecular flexibility index (Phi) is 3.51. The fourth-order valence-corrected chi connectivity index (χ4v) is 4.89. The van der Waals surface area contributed by atoms with Crippen LogP contribution in [-0.2, 0) is 4.57 Å². The molecule has 1 aliphatic rings. The first-order valence-electron chi connectivity index (χ1n) is 5.99. The SMILES string of the molecule is CC(C)N1CCP(=O)(c2ccccc2)CC1. The van der Waals surface area contributed by atoms with Crippen LogP contribution in [0.4, 0.5) is 0 Å². The van der Waals surface area contributed by atoms with Gasteiger partial charge in [0.25, 0.3) is 0 Å². The molecule has 0 unspecified atom stereocenters. The summed E-state index contributed by atoms with van der Waals surface area (Å²) in [6.45, 7) is 6.37. The van der Waals surface area contributed by atoms with E-state index in [0.717, 1.165) is 30.7 Å². The maximum absolute atomic E-state index is 12.8. The van der Waals surface area contributed by atoms with Crippen molar-refractivity contribution >= 4 is 12.4 Å². The maximum atomic E-state index is 12.8. The van der Waals surface area contributed by atoms with Crippen LogP contribution >= 0.6 is 7.14 Å². The van der Waals surface area contributed by atoms with Crippen molar-refractivity contribution in [1.82, 2.24) is 4.90 Å². The van der Waals surface area contributed by atoms with Crippen molar-refractivity contribution < 1.29 is 4.57 Å². The van der Waals surface area contributed by atoms with Gasteiger partial charge in [0.1, 0.15) is 7.14 Å². The molecule has 0 aliphatic carbocycles. The number of nitrogens with zero attached hydrogens (tertiary/aromatic N) is 1. The zero-order valence-corrected chi connectivity index (χ0v) is 11.0. The summed E-state index contributed by atoms with van der Waals surface area (Å²) in [5.74, 6) is 0. The third-order valence-corrected chi connectivity index (χ3v) is 6.54. The number of hydrogen-bond donors (Lipinski definition) is 0. The molecule has 2 rings (SSSR count). The molecule has 16 heavy (non-hydrogen) atoms. The quantitative estimate of drug-likeness (QED) is 0.736. The summed E-state index contributed by atoms with van der Waals surface area (Å²) in [6.07, 6.45) is 1.68. The fraction of sp³-hybridized carbons (Fsp3) is 0.538. The van der Waals surface area contributed by atoms with E-state index in [1.807, 2.05) is 30.3 Å². The molecule has 0 amide bonds. The zero-order valence-electron chi connectivity index (χ0n) is 10.1. The van der Waals surface area contributed by atoms with E-state index in [1.54, 1.807) is 0 Å². The van der Waals surface area contributed by atoms with Gasteiger partial charge in [0.05, 0.1) is 0 Å². The van der Waals surface area contributed by atoms with Gasteiger partial charge in [0.15, 0.2) is 0 Å². The third kappa shape index (κ3) is 2.39. The van der Waals surface area contributed by atoms with Gasteiger partial charge in [-0.3, -0.25) is 4.90 Å². The second kappa shape index (κ2) is 4.73. The molecular weight excluding hydrogens is 217 g/mol. The summed E-state index contributed by atoms with van der Waals surface area (Å²) in [6, 6.07) is 10.6. The molecular formula is C13H20NOP. The van der Waals surface area contributed by atoms with Crippen molar-refractivity contribution in [3.63, 3.8) is 0 Å². The molecule has 0 N–H and O–H groups in total. The van der Waals surface area contributed by atoms with E-state index in [-0.39, 0.29) is 0 Å². The van der Waals surface area contributed by atoms with Crippen molar-refractivity contribution in [2.24, 2.45) is 0 Å². The monoisotopic (exact) mass is 237 g/mol. The Morgan fingerprint density at radius 2 is 1.69 bits per heavy atom. The Labute approximate surface area is 98.0 Å². The highest BCUT2D eigenvalue weighted by Crippen LogP contribution is 2.46. The van der Waals surface area contributed by atoms with E-state index in [1.165, 1.54) is 0 Å². The van der Waals surface area contributed by atoms with E-state index >= 15 is 0 Å². The Hall–Kier alpha value is -0.590. The van der Waals surface area contributed by atoms with Crippen molar-refractivity contribution in [3.8, 4) is 0 Å². The summed E-state index contributed by atoms with van der Waals surface area (Å²) < 4.78 is 12.8. The van der Waals surface area contributed by atoms with Gasteiger partial charge in [0, 0.05) is 36.8 Å². The highest BCUT2D eigenvalue weighted by molar-refractivity contribution is 7.71. The van der Waals surface area contributed by atoms with Gasteiger partial charge in [-0.2, -0.15) is 0 Å². The van der Waals surface area contributed by atoms with Gasteiger partial charge in [0.2, 0.25) is 0 Å². The van der Waals surface area contributed by atoms with Crippen LogP contribution in [0, 0.1) is 0 Å². The van der Waals surface area contributed by atoms with Crippen molar-refractivity contribution in [1.29, 1.82) is 0 Å². The Bertz CT molecular complexity index is 376. The van der Waals surface area contributed by atoms with Gasteiger partial charge in [-0.05, 0) is 13.8 Å². The van der Waals surface area contributed by atoms with Crippen LogP contribution in [-0.4, -0.2) is 36.4 Å².